The van der Waals surface area contributed by atoms with Crippen molar-refractivity contribution in [3.63, 3.8) is 0 Å². The lowest BCUT2D eigenvalue weighted by atomic mass is 10.1. The lowest BCUT2D eigenvalue weighted by molar-refractivity contribution is 0.100. The van der Waals surface area contributed by atoms with Crippen molar-refractivity contribution in [2.75, 3.05) is 18.1 Å². The first-order valence-corrected chi connectivity index (χ1v) is 8.27. The topological polar surface area (TPSA) is 42.4 Å². The molecule has 2 aromatic carbocycles. The SMILES string of the molecule is Br.CCOc1ccc(C(=O)CN(c2ccccc2)c2ccccn2)cc1. The van der Waals surface area contributed by atoms with Gasteiger partial charge in [0.2, 0.25) is 0 Å². The van der Waals surface area contributed by atoms with Gasteiger partial charge in [0, 0.05) is 17.4 Å². The van der Waals surface area contributed by atoms with Crippen molar-refractivity contribution in [1.29, 1.82) is 0 Å². The predicted molar refractivity (Wildman–Crippen MR) is 110 cm³/mol. The van der Waals surface area contributed by atoms with Crippen molar-refractivity contribution in [1.82, 2.24) is 4.98 Å². The molecule has 0 bridgehead atoms. The highest BCUT2D eigenvalue weighted by molar-refractivity contribution is 8.93. The van der Waals surface area contributed by atoms with E-state index in [-0.39, 0.29) is 29.3 Å². The van der Waals surface area contributed by atoms with Gasteiger partial charge in [0.15, 0.2) is 5.78 Å². The number of para-hydroxylation sites is 1. The fourth-order valence-corrected chi connectivity index (χ4v) is 2.56. The van der Waals surface area contributed by atoms with Crippen molar-refractivity contribution < 1.29 is 9.53 Å². The number of hydrogen-bond donors (Lipinski definition) is 0. The number of ether oxygens (including phenoxy) is 1. The summed E-state index contributed by atoms with van der Waals surface area (Å²) >= 11 is 0. The van der Waals surface area contributed by atoms with Crippen molar-refractivity contribution >= 4 is 34.3 Å². The van der Waals surface area contributed by atoms with E-state index in [1.165, 1.54) is 0 Å². The molecule has 1 aromatic heterocycles. The van der Waals surface area contributed by atoms with Gasteiger partial charge in [0.1, 0.15) is 11.6 Å². The number of carbonyl (C=O) groups is 1. The number of anilines is 2. The minimum atomic E-state index is 0. The molecule has 1 heterocycles. The Labute approximate surface area is 164 Å². The molecular weight excluding hydrogens is 392 g/mol. The van der Waals surface area contributed by atoms with Crippen LogP contribution in [0.5, 0.6) is 5.75 Å². The Morgan fingerprint density at radius 3 is 2.27 bits per heavy atom. The molecule has 134 valence electrons. The molecule has 0 aliphatic rings. The Hall–Kier alpha value is -2.66. The lowest BCUT2D eigenvalue weighted by Crippen LogP contribution is -2.26. The van der Waals surface area contributed by atoms with Gasteiger partial charge >= 0.3 is 0 Å². The van der Waals surface area contributed by atoms with Crippen molar-refractivity contribution in [3.05, 3.63) is 84.6 Å². The largest absolute Gasteiger partial charge is 0.494 e. The van der Waals surface area contributed by atoms with Gasteiger partial charge in [-0.25, -0.2) is 4.98 Å². The van der Waals surface area contributed by atoms with E-state index in [0.29, 0.717) is 12.2 Å². The van der Waals surface area contributed by atoms with Gasteiger partial charge < -0.3 is 9.64 Å². The highest BCUT2D eigenvalue weighted by Gasteiger charge is 2.16. The molecule has 0 saturated heterocycles. The summed E-state index contributed by atoms with van der Waals surface area (Å²) in [5, 5.41) is 0. The Morgan fingerprint density at radius 1 is 0.962 bits per heavy atom. The first-order chi connectivity index (χ1) is 12.3. The van der Waals surface area contributed by atoms with Crippen LogP contribution in [0.15, 0.2) is 79.0 Å². The van der Waals surface area contributed by atoms with Gasteiger partial charge in [0.05, 0.1) is 13.2 Å². The number of hydrogen-bond acceptors (Lipinski definition) is 4. The average Bonchev–Trinajstić information content (AvgIpc) is 2.68. The highest BCUT2D eigenvalue weighted by Crippen LogP contribution is 2.23. The van der Waals surface area contributed by atoms with Gasteiger partial charge in [-0.05, 0) is 55.5 Å². The molecule has 0 atom stereocenters. The number of benzene rings is 2. The maximum atomic E-state index is 12.8. The predicted octanol–water partition coefficient (Wildman–Crippen LogP) is 5.08. The molecule has 0 radical (unpaired) electrons. The third-order valence-electron chi connectivity index (χ3n) is 3.78. The highest BCUT2D eigenvalue weighted by atomic mass is 79.9. The van der Waals surface area contributed by atoms with Crippen LogP contribution in [0.1, 0.15) is 17.3 Å². The van der Waals surface area contributed by atoms with Crippen LogP contribution in [0.25, 0.3) is 0 Å². The minimum absolute atomic E-state index is 0. The molecule has 4 nitrogen and oxygen atoms in total. The number of aromatic nitrogens is 1. The van der Waals surface area contributed by atoms with Crippen LogP contribution >= 0.6 is 17.0 Å². The van der Waals surface area contributed by atoms with Gasteiger partial charge in [-0.2, -0.15) is 0 Å². The molecule has 0 aliphatic carbocycles. The Morgan fingerprint density at radius 2 is 1.65 bits per heavy atom. The zero-order valence-corrected chi connectivity index (χ0v) is 16.3. The number of carbonyl (C=O) groups excluding carboxylic acids is 1. The summed E-state index contributed by atoms with van der Waals surface area (Å²) in [6.45, 7) is 2.76. The second-order valence-corrected chi connectivity index (χ2v) is 5.49. The van der Waals surface area contributed by atoms with Crippen LogP contribution in [-0.2, 0) is 0 Å². The first-order valence-electron chi connectivity index (χ1n) is 8.27. The van der Waals surface area contributed by atoms with Crippen LogP contribution in [0, 0.1) is 0 Å². The van der Waals surface area contributed by atoms with E-state index in [4.69, 9.17) is 4.74 Å². The molecule has 0 spiro atoms. The monoisotopic (exact) mass is 412 g/mol. The molecule has 0 fully saturated rings. The van der Waals surface area contributed by atoms with Gasteiger partial charge in [-0.15, -0.1) is 17.0 Å². The molecule has 26 heavy (non-hydrogen) atoms. The number of pyridine rings is 1. The van der Waals surface area contributed by atoms with Crippen molar-refractivity contribution in [3.8, 4) is 5.75 Å². The summed E-state index contributed by atoms with van der Waals surface area (Å²) in [5.74, 6) is 1.54. The third-order valence-corrected chi connectivity index (χ3v) is 3.78. The summed E-state index contributed by atoms with van der Waals surface area (Å²) in [5.41, 5.74) is 1.58. The van der Waals surface area contributed by atoms with Crippen LogP contribution in [0.4, 0.5) is 11.5 Å². The molecule has 3 aromatic rings. The van der Waals surface area contributed by atoms with Crippen LogP contribution in [-0.4, -0.2) is 23.9 Å². The molecule has 3 rings (SSSR count). The smallest absolute Gasteiger partial charge is 0.182 e. The van der Waals surface area contributed by atoms with E-state index in [1.807, 2.05) is 72.5 Å². The average molecular weight is 413 g/mol. The summed E-state index contributed by atoms with van der Waals surface area (Å²) < 4.78 is 5.43. The van der Waals surface area contributed by atoms with E-state index < -0.39 is 0 Å². The zero-order chi connectivity index (χ0) is 17.5. The van der Waals surface area contributed by atoms with E-state index in [2.05, 4.69) is 4.98 Å². The maximum absolute atomic E-state index is 12.8. The van der Waals surface area contributed by atoms with Crippen LogP contribution in [0.3, 0.4) is 0 Å². The maximum Gasteiger partial charge on any atom is 0.182 e. The summed E-state index contributed by atoms with van der Waals surface area (Å²) in [7, 11) is 0. The second kappa shape index (κ2) is 9.73. The minimum Gasteiger partial charge on any atom is -0.494 e. The Balaban J connectivity index is 0.00000243. The quantitative estimate of drug-likeness (QED) is 0.507. The number of rotatable bonds is 7. The van der Waals surface area contributed by atoms with Gasteiger partial charge in [-0.1, -0.05) is 24.3 Å². The number of Topliss-reactive ketones (excluding diaryl/α,β-unsaturated/α-hetero) is 1. The van der Waals surface area contributed by atoms with Gasteiger partial charge in [0.25, 0.3) is 0 Å². The van der Waals surface area contributed by atoms with Crippen LogP contribution in [0.2, 0.25) is 0 Å². The molecule has 0 unspecified atom stereocenters. The van der Waals surface area contributed by atoms with Crippen molar-refractivity contribution in [2.45, 2.75) is 6.92 Å². The van der Waals surface area contributed by atoms with E-state index in [1.54, 1.807) is 18.3 Å². The zero-order valence-electron chi connectivity index (χ0n) is 14.5. The molecule has 0 saturated carbocycles. The second-order valence-electron chi connectivity index (χ2n) is 5.49. The summed E-state index contributed by atoms with van der Waals surface area (Å²) in [6, 6.07) is 22.7. The molecule has 0 aliphatic heterocycles. The van der Waals surface area contributed by atoms with Gasteiger partial charge in [-0.3, -0.25) is 4.79 Å². The number of ketones is 1. The van der Waals surface area contributed by atoms with E-state index >= 15 is 0 Å². The normalized spacial score (nSPS) is 9.88. The molecular formula is C21H21BrN2O2. The standard InChI is InChI=1S/C21H20N2O2.BrH/c1-2-25-19-13-11-17(12-14-19)20(24)16-23(18-8-4-3-5-9-18)21-10-6-7-15-22-21;/h3-15H,2,16H2,1H3;1H. The summed E-state index contributed by atoms with van der Waals surface area (Å²) in [6.07, 6.45) is 1.73. The van der Waals surface area contributed by atoms with Crippen LogP contribution < -0.4 is 9.64 Å². The van der Waals surface area contributed by atoms with E-state index in [0.717, 1.165) is 17.3 Å². The third kappa shape index (κ3) is 4.92. The number of halogens is 1. The fraction of sp³-hybridized carbons (Fsp3) is 0.143. The molecule has 0 amide bonds. The summed E-state index contributed by atoms with van der Waals surface area (Å²) in [4.78, 5) is 19.1. The first kappa shape index (κ1) is 19.7. The number of nitrogens with zero attached hydrogens (tertiary/aromatic N) is 2. The Kier molecular flexibility index (Phi) is 7.36. The van der Waals surface area contributed by atoms with Crippen molar-refractivity contribution in [2.24, 2.45) is 0 Å². The Bertz CT molecular complexity index is 769. The fourth-order valence-electron chi connectivity index (χ4n) is 2.56. The molecule has 0 N–H and O–H groups in total. The lowest BCUT2D eigenvalue weighted by Gasteiger charge is -2.23. The van der Waals surface area contributed by atoms with E-state index in [9.17, 15) is 4.79 Å². The molecule has 5 heteroatoms.